The fourth-order valence-corrected chi connectivity index (χ4v) is 2.75. The van der Waals surface area contributed by atoms with Crippen molar-refractivity contribution in [1.29, 1.82) is 0 Å². The Hall–Kier alpha value is -2.67. The van der Waals surface area contributed by atoms with Crippen molar-refractivity contribution in [1.82, 2.24) is 0 Å². The van der Waals surface area contributed by atoms with Crippen molar-refractivity contribution in [2.45, 2.75) is 6.42 Å². The molecule has 2 bridgehead atoms. The first-order chi connectivity index (χ1) is 10.4. The lowest BCUT2D eigenvalue weighted by atomic mass is 9.98. The fraction of sp³-hybridized carbons (Fsp3) is 0.0500. The molecule has 3 aliphatic rings. The van der Waals surface area contributed by atoms with Crippen molar-refractivity contribution >= 4 is 5.71 Å². The first-order valence-corrected chi connectivity index (χ1v) is 7.21. The maximum atomic E-state index is 4.81. The van der Waals surface area contributed by atoms with Crippen LogP contribution < -0.4 is 0 Å². The summed E-state index contributed by atoms with van der Waals surface area (Å²) in [6, 6.07) is 10.3. The van der Waals surface area contributed by atoms with Gasteiger partial charge in [-0.1, -0.05) is 66.8 Å². The van der Waals surface area contributed by atoms with Crippen molar-refractivity contribution in [3.8, 4) is 0 Å². The normalized spacial score (nSPS) is 19.3. The molecule has 100 valence electrons. The van der Waals surface area contributed by atoms with Crippen molar-refractivity contribution in [2.75, 3.05) is 0 Å². The highest BCUT2D eigenvalue weighted by molar-refractivity contribution is 6.12. The third-order valence-electron chi connectivity index (χ3n) is 3.84. The molecule has 0 aromatic heterocycles. The van der Waals surface area contributed by atoms with Crippen molar-refractivity contribution in [3.05, 3.63) is 107 Å². The van der Waals surface area contributed by atoms with Gasteiger partial charge in [0.15, 0.2) is 0 Å². The number of nitrogens with zero attached hydrogens (tertiary/aromatic N) is 1. The molecular weight excluding hydrogens is 254 g/mol. The number of hydrogen-bond acceptors (Lipinski definition) is 1. The highest BCUT2D eigenvalue weighted by Gasteiger charge is 2.16. The van der Waals surface area contributed by atoms with Crippen LogP contribution in [0.1, 0.15) is 12.0 Å². The topological polar surface area (TPSA) is 12.4 Å². The van der Waals surface area contributed by atoms with Gasteiger partial charge in [-0.15, -0.1) is 0 Å². The van der Waals surface area contributed by atoms with Gasteiger partial charge in [0.25, 0.3) is 0 Å². The van der Waals surface area contributed by atoms with E-state index in [1.807, 2.05) is 6.07 Å². The summed E-state index contributed by atoms with van der Waals surface area (Å²) in [7, 11) is 0. The largest absolute Gasteiger partial charge is 0.248 e. The Bertz CT molecular complexity index is 793. The summed E-state index contributed by atoms with van der Waals surface area (Å²) in [5.41, 5.74) is 7.09. The SMILES string of the molecule is C1=CC=C2C=C3N=C(c4ccccc4)C=C3C=CC(=C1)C2. The summed E-state index contributed by atoms with van der Waals surface area (Å²) in [6.45, 7) is 0. The second kappa shape index (κ2) is 5.02. The number of rotatable bonds is 1. The summed E-state index contributed by atoms with van der Waals surface area (Å²) >= 11 is 0. The lowest BCUT2D eigenvalue weighted by Gasteiger charge is -2.08. The molecule has 0 amide bonds. The standard InChI is InChI=1S/C20H15N/c1-2-8-17(9-3-1)20-14-18-11-10-15-6-4-5-7-16(12-15)13-19(18)21-20/h1-11,13-14H,12H2. The molecule has 0 spiro atoms. The minimum absolute atomic E-state index is 0.969. The van der Waals surface area contributed by atoms with Gasteiger partial charge in [0.05, 0.1) is 11.4 Å². The quantitative estimate of drug-likeness (QED) is 0.701. The molecule has 0 radical (unpaired) electrons. The first kappa shape index (κ1) is 12.1. The molecule has 1 aliphatic heterocycles. The Kier molecular flexibility index (Phi) is 2.89. The second-order valence-electron chi connectivity index (χ2n) is 5.37. The van der Waals surface area contributed by atoms with Gasteiger partial charge in [0, 0.05) is 11.1 Å². The lowest BCUT2D eigenvalue weighted by Crippen LogP contribution is -1.92. The predicted molar refractivity (Wildman–Crippen MR) is 88.2 cm³/mol. The fourth-order valence-electron chi connectivity index (χ4n) is 2.75. The molecule has 0 atom stereocenters. The average molecular weight is 269 g/mol. The summed E-state index contributed by atoms with van der Waals surface area (Å²) in [5, 5.41) is 0. The van der Waals surface area contributed by atoms with Crippen LogP contribution in [-0.2, 0) is 0 Å². The minimum Gasteiger partial charge on any atom is -0.248 e. The maximum absolute atomic E-state index is 4.81. The molecule has 2 aliphatic carbocycles. The third kappa shape index (κ3) is 2.38. The Labute approximate surface area is 124 Å². The van der Waals surface area contributed by atoms with Crippen LogP contribution in [0.4, 0.5) is 0 Å². The predicted octanol–water partition coefficient (Wildman–Crippen LogP) is 4.68. The maximum Gasteiger partial charge on any atom is 0.0716 e. The number of aliphatic imine (C=N–C) groups is 1. The third-order valence-corrected chi connectivity index (χ3v) is 3.84. The molecule has 0 saturated carbocycles. The summed E-state index contributed by atoms with van der Waals surface area (Å²) < 4.78 is 0. The molecule has 1 nitrogen and oxygen atoms in total. The average Bonchev–Trinajstić information content (AvgIpc) is 2.74. The van der Waals surface area contributed by atoms with Crippen LogP contribution in [0, 0.1) is 0 Å². The van der Waals surface area contributed by atoms with Gasteiger partial charge < -0.3 is 0 Å². The molecule has 4 rings (SSSR count). The van der Waals surface area contributed by atoms with E-state index in [4.69, 9.17) is 4.99 Å². The highest BCUT2D eigenvalue weighted by atomic mass is 14.8. The van der Waals surface area contributed by atoms with E-state index >= 15 is 0 Å². The smallest absolute Gasteiger partial charge is 0.0716 e. The van der Waals surface area contributed by atoms with Crippen molar-refractivity contribution < 1.29 is 0 Å². The van der Waals surface area contributed by atoms with Gasteiger partial charge in [-0.2, -0.15) is 0 Å². The summed E-state index contributed by atoms with van der Waals surface area (Å²) in [6.07, 6.45) is 18.3. The van der Waals surface area contributed by atoms with Crippen LogP contribution in [0.2, 0.25) is 0 Å². The van der Waals surface area contributed by atoms with Gasteiger partial charge in [-0.05, 0) is 29.7 Å². The zero-order chi connectivity index (χ0) is 14.1. The molecule has 0 fully saturated rings. The molecule has 1 heterocycles. The van der Waals surface area contributed by atoms with E-state index in [1.54, 1.807) is 0 Å². The Morgan fingerprint density at radius 1 is 0.810 bits per heavy atom. The van der Waals surface area contributed by atoms with Crippen LogP contribution in [0.5, 0.6) is 0 Å². The molecule has 0 unspecified atom stereocenters. The zero-order valence-electron chi connectivity index (χ0n) is 11.7. The molecule has 1 heteroatoms. The van der Waals surface area contributed by atoms with E-state index in [2.05, 4.69) is 72.9 Å². The van der Waals surface area contributed by atoms with Crippen molar-refractivity contribution in [2.24, 2.45) is 4.99 Å². The molecule has 21 heavy (non-hydrogen) atoms. The molecule has 0 N–H and O–H groups in total. The monoisotopic (exact) mass is 269 g/mol. The minimum atomic E-state index is 0.969. The van der Waals surface area contributed by atoms with Gasteiger partial charge in [0.2, 0.25) is 0 Å². The van der Waals surface area contributed by atoms with E-state index in [9.17, 15) is 0 Å². The summed E-state index contributed by atoms with van der Waals surface area (Å²) in [5.74, 6) is 0. The van der Waals surface area contributed by atoms with Gasteiger partial charge in [-0.3, -0.25) is 0 Å². The van der Waals surface area contributed by atoms with E-state index in [-0.39, 0.29) is 0 Å². The van der Waals surface area contributed by atoms with E-state index < -0.39 is 0 Å². The summed E-state index contributed by atoms with van der Waals surface area (Å²) in [4.78, 5) is 4.81. The Morgan fingerprint density at radius 3 is 2.48 bits per heavy atom. The first-order valence-electron chi connectivity index (χ1n) is 7.21. The molecular formula is C20H15N. The van der Waals surface area contributed by atoms with Crippen LogP contribution in [-0.4, -0.2) is 5.71 Å². The molecule has 1 aromatic rings. The number of allylic oxidation sites excluding steroid dienone is 10. The molecule has 0 saturated heterocycles. The van der Waals surface area contributed by atoms with Gasteiger partial charge >= 0.3 is 0 Å². The Balaban J connectivity index is 1.81. The molecule has 1 aromatic carbocycles. The van der Waals surface area contributed by atoms with Crippen molar-refractivity contribution in [3.63, 3.8) is 0 Å². The number of benzene rings is 1. The van der Waals surface area contributed by atoms with E-state index in [1.165, 1.54) is 22.3 Å². The van der Waals surface area contributed by atoms with Crippen LogP contribution >= 0.6 is 0 Å². The van der Waals surface area contributed by atoms with Gasteiger partial charge in [-0.25, -0.2) is 4.99 Å². The van der Waals surface area contributed by atoms with E-state index in [0.717, 1.165) is 17.8 Å². The lowest BCUT2D eigenvalue weighted by molar-refractivity contribution is 1.18. The van der Waals surface area contributed by atoms with E-state index in [0.29, 0.717) is 0 Å². The van der Waals surface area contributed by atoms with Crippen LogP contribution in [0.15, 0.2) is 106 Å². The second-order valence-corrected chi connectivity index (χ2v) is 5.37. The van der Waals surface area contributed by atoms with Crippen LogP contribution in [0.3, 0.4) is 0 Å². The van der Waals surface area contributed by atoms with Crippen LogP contribution in [0.25, 0.3) is 0 Å². The highest BCUT2D eigenvalue weighted by Crippen LogP contribution is 2.30. The number of fused-ring (bicyclic) bond motifs is 3. The Morgan fingerprint density at radius 2 is 1.62 bits per heavy atom. The van der Waals surface area contributed by atoms with Gasteiger partial charge in [0.1, 0.15) is 0 Å². The zero-order valence-corrected chi connectivity index (χ0v) is 11.7. The number of hydrogen-bond donors (Lipinski definition) is 0.